The van der Waals surface area contributed by atoms with Crippen LogP contribution in [0.15, 0.2) is 91.0 Å². The molecule has 6 heteroatoms. The molecule has 3 aromatic carbocycles. The molecule has 1 unspecified atom stereocenters. The number of benzene rings is 3. The number of hydrogen-bond acceptors (Lipinski definition) is 4. The average Bonchev–Trinajstić information content (AvgIpc) is 3.24. The molecule has 2 saturated heterocycles. The van der Waals surface area contributed by atoms with Gasteiger partial charge in [-0.15, -0.1) is 0 Å². The van der Waals surface area contributed by atoms with E-state index in [1.54, 1.807) is 0 Å². The molecule has 5 nitrogen and oxygen atoms in total. The SMILES string of the molecule is C[C@@]1(c2ccccc2)OC[C@@H]2CCC([Se]c3ccccc3)(C(=O)OCc3ccccc3)C(=O)N21. The number of rotatable bonds is 6. The van der Waals surface area contributed by atoms with Crippen LogP contribution in [-0.2, 0) is 31.4 Å². The first kappa shape index (κ1) is 22.9. The molecule has 34 heavy (non-hydrogen) atoms. The Morgan fingerprint density at radius 2 is 1.62 bits per heavy atom. The Labute approximate surface area is 206 Å². The summed E-state index contributed by atoms with van der Waals surface area (Å²) in [4.78, 5) is 29.9. The van der Waals surface area contributed by atoms with Gasteiger partial charge in [0, 0.05) is 0 Å². The van der Waals surface area contributed by atoms with E-state index in [4.69, 9.17) is 9.47 Å². The molecule has 2 aliphatic rings. The van der Waals surface area contributed by atoms with Crippen LogP contribution in [0.5, 0.6) is 0 Å². The minimum atomic E-state index is -1.23. The molecule has 0 N–H and O–H groups in total. The summed E-state index contributed by atoms with van der Waals surface area (Å²) in [7, 11) is 0. The third kappa shape index (κ3) is 4.07. The standard InChI is InChI=1S/C28H27NO4Se/c1-27(22-13-7-3-8-14-22)29-23(20-33-27)17-18-28(25(29)30,34-24-15-9-4-10-16-24)26(31)32-19-21-11-5-2-6-12-21/h2-16,23H,17-20H2,1H3/t23-,27-,28?/m0/s1. The Bertz CT molecular complexity index is 1160. The van der Waals surface area contributed by atoms with Crippen LogP contribution < -0.4 is 4.46 Å². The van der Waals surface area contributed by atoms with E-state index in [-0.39, 0.29) is 18.6 Å². The first-order chi connectivity index (χ1) is 16.5. The summed E-state index contributed by atoms with van der Waals surface area (Å²) >= 11 is -0.440. The number of fused-ring (bicyclic) bond motifs is 1. The van der Waals surface area contributed by atoms with E-state index >= 15 is 0 Å². The van der Waals surface area contributed by atoms with Crippen molar-refractivity contribution in [2.24, 2.45) is 0 Å². The van der Waals surface area contributed by atoms with Crippen LogP contribution in [0.1, 0.15) is 30.9 Å². The molecule has 2 aliphatic heterocycles. The van der Waals surface area contributed by atoms with Gasteiger partial charge >= 0.3 is 206 Å². The molecule has 0 bridgehead atoms. The fourth-order valence-electron chi connectivity index (χ4n) is 4.82. The molecular formula is C28H27NO4Se. The van der Waals surface area contributed by atoms with E-state index in [9.17, 15) is 9.59 Å². The molecule has 0 spiro atoms. The predicted molar refractivity (Wildman–Crippen MR) is 130 cm³/mol. The second-order valence-electron chi connectivity index (χ2n) is 8.83. The van der Waals surface area contributed by atoms with Gasteiger partial charge in [0.2, 0.25) is 0 Å². The fraction of sp³-hybridized carbons (Fsp3) is 0.286. The van der Waals surface area contributed by atoms with Crippen molar-refractivity contribution >= 4 is 31.3 Å². The van der Waals surface area contributed by atoms with Crippen molar-refractivity contribution in [3.05, 3.63) is 102 Å². The molecule has 5 rings (SSSR count). The van der Waals surface area contributed by atoms with Gasteiger partial charge in [0.05, 0.1) is 0 Å². The topological polar surface area (TPSA) is 55.8 Å². The normalized spacial score (nSPS) is 26.2. The third-order valence-electron chi connectivity index (χ3n) is 6.66. The molecule has 2 heterocycles. The molecular weight excluding hydrogens is 493 g/mol. The van der Waals surface area contributed by atoms with Crippen molar-refractivity contribution in [3.8, 4) is 0 Å². The van der Waals surface area contributed by atoms with Crippen LogP contribution in [-0.4, -0.2) is 44.4 Å². The van der Waals surface area contributed by atoms with Crippen molar-refractivity contribution in [2.75, 3.05) is 6.61 Å². The van der Waals surface area contributed by atoms with Gasteiger partial charge in [0.15, 0.2) is 0 Å². The fourth-order valence-corrected chi connectivity index (χ4v) is 7.43. The molecule has 1 amide bonds. The molecule has 0 radical (unpaired) electrons. The molecule has 2 fully saturated rings. The zero-order valence-corrected chi connectivity index (χ0v) is 20.8. The Morgan fingerprint density at radius 3 is 2.29 bits per heavy atom. The molecule has 0 aliphatic carbocycles. The summed E-state index contributed by atoms with van der Waals surface area (Å²) in [6.07, 6.45) is 1.16. The van der Waals surface area contributed by atoms with E-state index in [1.165, 1.54) is 0 Å². The van der Waals surface area contributed by atoms with E-state index in [2.05, 4.69) is 0 Å². The number of nitrogens with zero attached hydrogens (tertiary/aromatic N) is 1. The Hall–Kier alpha value is -2.92. The number of esters is 1. The second kappa shape index (κ2) is 9.38. The van der Waals surface area contributed by atoms with Gasteiger partial charge in [0.1, 0.15) is 0 Å². The van der Waals surface area contributed by atoms with Crippen LogP contribution in [0.4, 0.5) is 0 Å². The van der Waals surface area contributed by atoms with Crippen molar-refractivity contribution in [1.29, 1.82) is 0 Å². The van der Waals surface area contributed by atoms with Crippen molar-refractivity contribution in [1.82, 2.24) is 4.90 Å². The maximum absolute atomic E-state index is 14.3. The van der Waals surface area contributed by atoms with Crippen molar-refractivity contribution < 1.29 is 19.1 Å². The molecule has 3 atom stereocenters. The van der Waals surface area contributed by atoms with Crippen LogP contribution >= 0.6 is 0 Å². The number of amides is 1. The van der Waals surface area contributed by atoms with Gasteiger partial charge in [-0.1, -0.05) is 0 Å². The maximum atomic E-state index is 14.3. The summed E-state index contributed by atoms with van der Waals surface area (Å²) in [5.41, 5.74) is 0.894. The molecule has 174 valence electrons. The summed E-state index contributed by atoms with van der Waals surface area (Å²) in [5.74, 6) is -0.625. The van der Waals surface area contributed by atoms with E-state index in [0.29, 0.717) is 19.4 Å². The van der Waals surface area contributed by atoms with Crippen molar-refractivity contribution in [3.63, 3.8) is 0 Å². The Kier molecular flexibility index (Phi) is 6.30. The second-order valence-corrected chi connectivity index (χ2v) is 11.7. The van der Waals surface area contributed by atoms with E-state index in [0.717, 1.165) is 15.6 Å². The summed E-state index contributed by atoms with van der Waals surface area (Å²) < 4.78 is 11.8. The van der Waals surface area contributed by atoms with Crippen LogP contribution in [0.2, 0.25) is 4.31 Å². The van der Waals surface area contributed by atoms with Gasteiger partial charge in [-0.2, -0.15) is 0 Å². The third-order valence-corrected chi connectivity index (χ3v) is 9.60. The number of carbonyl (C=O) groups excluding carboxylic acids is 2. The number of piperidine rings is 1. The average molecular weight is 520 g/mol. The number of carbonyl (C=O) groups is 2. The van der Waals surface area contributed by atoms with Crippen molar-refractivity contribution in [2.45, 2.75) is 42.5 Å². The minimum absolute atomic E-state index is 0.0562. The Balaban J connectivity index is 1.50. The van der Waals surface area contributed by atoms with E-state index in [1.807, 2.05) is 103 Å². The van der Waals surface area contributed by atoms with Gasteiger partial charge in [0.25, 0.3) is 0 Å². The first-order valence-electron chi connectivity index (χ1n) is 11.5. The van der Waals surface area contributed by atoms with Crippen LogP contribution in [0, 0.1) is 0 Å². The van der Waals surface area contributed by atoms with Gasteiger partial charge in [-0.3, -0.25) is 0 Å². The van der Waals surface area contributed by atoms with Crippen LogP contribution in [0.25, 0.3) is 0 Å². The monoisotopic (exact) mass is 521 g/mol. The summed E-state index contributed by atoms with van der Waals surface area (Å²) in [5, 5.41) is 0. The summed E-state index contributed by atoms with van der Waals surface area (Å²) in [6.45, 7) is 2.54. The van der Waals surface area contributed by atoms with Gasteiger partial charge < -0.3 is 0 Å². The van der Waals surface area contributed by atoms with Gasteiger partial charge in [-0.25, -0.2) is 0 Å². The van der Waals surface area contributed by atoms with Gasteiger partial charge in [-0.05, 0) is 0 Å². The molecule has 0 aromatic heterocycles. The molecule has 3 aromatic rings. The molecule has 0 saturated carbocycles. The quantitative estimate of drug-likeness (QED) is 0.282. The first-order valence-corrected chi connectivity index (χ1v) is 13.2. The number of hydrogen-bond donors (Lipinski definition) is 0. The van der Waals surface area contributed by atoms with Crippen LogP contribution in [0.3, 0.4) is 0 Å². The predicted octanol–water partition coefficient (Wildman–Crippen LogP) is 3.81. The zero-order chi connectivity index (χ0) is 23.6. The Morgan fingerprint density at radius 1 is 1.00 bits per heavy atom. The summed E-state index contributed by atoms with van der Waals surface area (Å²) in [6, 6.07) is 29.1. The zero-order valence-electron chi connectivity index (χ0n) is 19.1. The van der Waals surface area contributed by atoms with E-state index < -0.39 is 31.0 Å². The number of ether oxygens (including phenoxy) is 2.